The van der Waals surface area contributed by atoms with Gasteiger partial charge in [0.25, 0.3) is 0 Å². The van der Waals surface area contributed by atoms with E-state index in [1.54, 1.807) is 37.2 Å². The van der Waals surface area contributed by atoms with Crippen molar-refractivity contribution in [3.63, 3.8) is 0 Å². The van der Waals surface area contributed by atoms with Crippen molar-refractivity contribution in [1.29, 1.82) is 0 Å². The first kappa shape index (κ1) is 29.5. The number of carboxylic acid groups (broad SMARTS) is 2. The quantitative estimate of drug-likeness (QED) is 0.409. The molecule has 0 unspecified atom stereocenters. The van der Waals surface area contributed by atoms with Gasteiger partial charge in [-0.1, -0.05) is 19.9 Å². The zero-order valence-electron chi connectivity index (χ0n) is 17.7. The maximum Gasteiger partial charge on any atom is 0.307 e. The maximum absolute atomic E-state index is 10.4. The fraction of sp³-hybridized carbons (Fsp3) is 0.526. The molecule has 11 heteroatoms. The van der Waals surface area contributed by atoms with E-state index in [1.807, 2.05) is 18.7 Å². The molecule has 0 saturated carbocycles. The number of carbonyl (C=O) groups is 2. The van der Waals surface area contributed by atoms with E-state index >= 15 is 0 Å². The minimum Gasteiger partial charge on any atom is -0.481 e. The van der Waals surface area contributed by atoms with Crippen molar-refractivity contribution in [2.24, 2.45) is 5.92 Å². The summed E-state index contributed by atoms with van der Waals surface area (Å²) in [5.74, 6) is 0.496. The molecule has 0 amide bonds. The van der Waals surface area contributed by atoms with E-state index in [0.29, 0.717) is 13.1 Å². The molecule has 1 aliphatic rings. The molecule has 0 bridgehead atoms. The zero-order chi connectivity index (χ0) is 23.4. The molecule has 0 atom stereocenters. The third-order valence-electron chi connectivity index (χ3n) is 3.84. The molecular formula is C19H30B2N2O7. The molecule has 1 fully saturated rings. The number of pyridine rings is 1. The number of piperidine rings is 1. The summed E-state index contributed by atoms with van der Waals surface area (Å²) in [6.45, 7) is 7.38. The molecule has 1 aliphatic heterocycles. The van der Waals surface area contributed by atoms with Gasteiger partial charge in [0, 0.05) is 18.8 Å². The van der Waals surface area contributed by atoms with Crippen molar-refractivity contribution in [3.05, 3.63) is 30.1 Å². The fourth-order valence-electron chi connectivity index (χ4n) is 2.48. The Labute approximate surface area is 178 Å². The molecule has 0 radical (unpaired) electrons. The third kappa shape index (κ3) is 17.4. The molecular weight excluding hydrogens is 390 g/mol. The summed E-state index contributed by atoms with van der Waals surface area (Å²) in [4.78, 5) is 26.3. The standard InChI is InChI=1S/C8H16BNO3.C7H7NO2.C2HBO2.C2H6/c1-9(13)10-4-2-7(3-5-10)6-8(11)12;9-7(10)4-6-2-1-3-8-5-6;4-2-1-3-5;1-2/h7,13H,2-6H2,1H3,(H,11,12);1-3,5H,4H2,(H,9,10);4H;1-2H3. The monoisotopic (exact) mass is 420 g/mol. The molecule has 30 heavy (non-hydrogen) atoms. The van der Waals surface area contributed by atoms with Crippen LogP contribution in [-0.2, 0) is 20.7 Å². The van der Waals surface area contributed by atoms with Crippen LogP contribution in [0.15, 0.2) is 24.5 Å². The number of aliphatic hydroxyl groups excluding tert-OH is 1. The first-order valence-corrected chi connectivity index (χ1v) is 9.63. The van der Waals surface area contributed by atoms with Gasteiger partial charge in [0.15, 0.2) is 0 Å². The number of aromatic nitrogens is 1. The summed E-state index contributed by atoms with van der Waals surface area (Å²) in [5.41, 5.74) is 0.731. The average molecular weight is 420 g/mol. The Kier molecular flexibility index (Phi) is 19.3. The maximum atomic E-state index is 10.4. The van der Waals surface area contributed by atoms with Crippen LogP contribution in [0.25, 0.3) is 0 Å². The predicted octanol–water partition coefficient (Wildman–Crippen LogP) is 1.35. The van der Waals surface area contributed by atoms with Crippen molar-refractivity contribution in [1.82, 2.24) is 9.79 Å². The van der Waals surface area contributed by atoms with Gasteiger partial charge in [0.1, 0.15) is 0 Å². The van der Waals surface area contributed by atoms with Gasteiger partial charge in [-0.15, -0.1) is 0 Å². The van der Waals surface area contributed by atoms with Crippen LogP contribution in [0.2, 0.25) is 6.82 Å². The molecule has 2 rings (SSSR count). The molecule has 164 valence electrons. The molecule has 0 aromatic carbocycles. The fourth-order valence-corrected chi connectivity index (χ4v) is 2.48. The van der Waals surface area contributed by atoms with E-state index in [0.717, 1.165) is 31.5 Å². The number of rotatable bonds is 5. The molecule has 1 saturated heterocycles. The van der Waals surface area contributed by atoms with Crippen LogP contribution in [0.3, 0.4) is 0 Å². The van der Waals surface area contributed by atoms with Crippen LogP contribution in [0.5, 0.6) is 0 Å². The van der Waals surface area contributed by atoms with Gasteiger partial charge in [0.2, 0.25) is 0 Å². The molecule has 9 nitrogen and oxygen atoms in total. The summed E-state index contributed by atoms with van der Waals surface area (Å²) in [6, 6.07) is 3.46. The van der Waals surface area contributed by atoms with Gasteiger partial charge >= 0.3 is 47.9 Å². The van der Waals surface area contributed by atoms with E-state index < -0.39 is 19.0 Å². The molecule has 1 aromatic rings. The predicted molar refractivity (Wildman–Crippen MR) is 113 cm³/mol. The summed E-state index contributed by atoms with van der Waals surface area (Å²) >= 11 is 0. The van der Waals surface area contributed by atoms with E-state index in [-0.39, 0.29) is 12.8 Å². The minimum absolute atomic E-state index is 0.0494. The second kappa shape index (κ2) is 19.6. The number of aliphatic hydroxyl groups is 1. The summed E-state index contributed by atoms with van der Waals surface area (Å²) < 4.78 is 9.07. The van der Waals surface area contributed by atoms with Crippen LogP contribution in [0.1, 0.15) is 38.7 Å². The van der Waals surface area contributed by atoms with Crippen molar-refractivity contribution >= 4 is 26.1 Å². The third-order valence-corrected chi connectivity index (χ3v) is 3.84. The van der Waals surface area contributed by atoms with Crippen molar-refractivity contribution < 1.29 is 34.6 Å². The van der Waals surface area contributed by atoms with Gasteiger partial charge in [-0.25, -0.2) is 0 Å². The number of hydrogen-bond acceptors (Lipinski definition) is 7. The SMILES string of the molecule is CB(O)N1CCC(CC(=O)O)CC1.CC.O=BC#CO.O=C(O)Cc1cccnc1. The van der Waals surface area contributed by atoms with E-state index in [2.05, 4.69) is 4.98 Å². The molecule has 2 heterocycles. The summed E-state index contributed by atoms with van der Waals surface area (Å²) in [5, 5.41) is 33.6. The Hall–Kier alpha value is -2.70. The Morgan fingerprint density at radius 1 is 1.27 bits per heavy atom. The summed E-state index contributed by atoms with van der Waals surface area (Å²) in [6.07, 6.45) is 6.66. The normalized spacial score (nSPS) is 12.5. The van der Waals surface area contributed by atoms with Crippen molar-refractivity contribution in [2.75, 3.05) is 13.1 Å². The molecule has 0 spiro atoms. The van der Waals surface area contributed by atoms with E-state index in [9.17, 15) is 14.6 Å². The van der Waals surface area contributed by atoms with E-state index in [4.69, 9.17) is 20.0 Å². The van der Waals surface area contributed by atoms with Crippen molar-refractivity contribution in [2.45, 2.75) is 46.4 Å². The smallest absolute Gasteiger partial charge is 0.307 e. The average Bonchev–Trinajstić information content (AvgIpc) is 2.71. The number of nitrogens with zero attached hydrogens (tertiary/aromatic N) is 2. The van der Waals surface area contributed by atoms with Gasteiger partial charge in [-0.3, -0.25) is 14.6 Å². The number of aliphatic carboxylic acids is 2. The first-order chi connectivity index (χ1) is 14.3. The van der Waals surface area contributed by atoms with Crippen LogP contribution in [0, 0.1) is 17.8 Å². The number of carboxylic acids is 2. The zero-order valence-corrected chi connectivity index (χ0v) is 17.7. The number of hydrogen-bond donors (Lipinski definition) is 4. The van der Waals surface area contributed by atoms with Crippen LogP contribution in [0.4, 0.5) is 0 Å². The van der Waals surface area contributed by atoms with E-state index in [1.165, 1.54) is 6.11 Å². The van der Waals surface area contributed by atoms with Crippen molar-refractivity contribution in [3.8, 4) is 11.9 Å². The Balaban J connectivity index is 0. The van der Waals surface area contributed by atoms with Crippen LogP contribution < -0.4 is 0 Å². The summed E-state index contributed by atoms with van der Waals surface area (Å²) in [7, 11) is -0.0780. The minimum atomic E-state index is -0.826. The molecule has 4 N–H and O–H groups in total. The van der Waals surface area contributed by atoms with Gasteiger partial charge in [0.05, 0.1) is 6.42 Å². The van der Waals surface area contributed by atoms with Gasteiger partial charge in [-0.2, -0.15) is 0 Å². The largest absolute Gasteiger partial charge is 0.481 e. The molecule has 1 aromatic heterocycles. The van der Waals surface area contributed by atoms with Gasteiger partial charge < -0.3 is 20.0 Å². The first-order valence-electron chi connectivity index (χ1n) is 9.63. The Morgan fingerprint density at radius 2 is 1.87 bits per heavy atom. The molecule has 0 aliphatic carbocycles. The van der Waals surface area contributed by atoms with Gasteiger partial charge in [-0.05, 0) is 50.3 Å². The Bertz CT molecular complexity index is 656. The topological polar surface area (TPSA) is 148 Å². The second-order valence-electron chi connectivity index (χ2n) is 6.01. The van der Waals surface area contributed by atoms with Crippen LogP contribution in [-0.4, -0.2) is 69.4 Å². The second-order valence-corrected chi connectivity index (χ2v) is 6.01. The van der Waals surface area contributed by atoms with Crippen LogP contribution >= 0.6 is 0 Å². The Morgan fingerprint density at radius 3 is 2.20 bits per heavy atom.